The van der Waals surface area contributed by atoms with E-state index in [9.17, 15) is 23.6 Å². The second kappa shape index (κ2) is 8.80. The smallest absolute Gasteiger partial charge is 0.267 e. The Morgan fingerprint density at radius 2 is 1.96 bits per heavy atom. The molecule has 28 heavy (non-hydrogen) atoms. The second-order valence-corrected chi connectivity index (χ2v) is 7.14. The van der Waals surface area contributed by atoms with Gasteiger partial charge < -0.3 is 15.1 Å². The Hall–Kier alpha value is -2.99. The maximum absolute atomic E-state index is 14.0. The van der Waals surface area contributed by atoms with Crippen LogP contribution in [0.1, 0.15) is 21.7 Å². The molecule has 0 aliphatic carbocycles. The molecule has 0 unspecified atom stereocenters. The lowest BCUT2D eigenvalue weighted by molar-refractivity contribution is -0.121. The molecule has 2 aromatic rings. The lowest BCUT2D eigenvalue weighted by atomic mass is 10.1. The first-order chi connectivity index (χ1) is 13.5. The number of amides is 2. The number of thiophene rings is 1. The summed E-state index contributed by atoms with van der Waals surface area (Å²) in [6, 6.07) is 7.43. The molecular weight excluding hydrogens is 386 g/mol. The van der Waals surface area contributed by atoms with E-state index in [-0.39, 0.29) is 35.9 Å². The minimum Gasteiger partial charge on any atom is -0.367 e. The largest absolute Gasteiger partial charge is 0.367 e. The van der Waals surface area contributed by atoms with Crippen molar-refractivity contribution in [1.82, 2.24) is 10.2 Å². The summed E-state index contributed by atoms with van der Waals surface area (Å²) in [5, 5.41) is 13.5. The van der Waals surface area contributed by atoms with Gasteiger partial charge in [0, 0.05) is 39.1 Å². The Bertz CT molecular complexity index is 925. The molecular formula is C19H18F2N4O2S. The number of nitrogens with one attached hydrogen (secondary N) is 1. The summed E-state index contributed by atoms with van der Waals surface area (Å²) >= 11 is 1.01. The third-order valence-electron chi connectivity index (χ3n) is 4.50. The first kappa shape index (κ1) is 19.8. The van der Waals surface area contributed by atoms with Crippen molar-refractivity contribution in [1.29, 1.82) is 5.26 Å². The predicted molar refractivity (Wildman–Crippen MR) is 101 cm³/mol. The molecule has 146 valence electrons. The number of carbonyl (C=O) groups excluding carboxylic acids is 2. The molecule has 1 saturated heterocycles. The highest BCUT2D eigenvalue weighted by Gasteiger charge is 2.24. The van der Waals surface area contributed by atoms with Crippen molar-refractivity contribution < 1.29 is 18.4 Å². The third-order valence-corrected chi connectivity index (χ3v) is 5.37. The van der Waals surface area contributed by atoms with Crippen molar-refractivity contribution in [3.05, 3.63) is 51.7 Å². The summed E-state index contributed by atoms with van der Waals surface area (Å²) < 4.78 is 27.8. The fourth-order valence-electron chi connectivity index (χ4n) is 3.04. The van der Waals surface area contributed by atoms with E-state index in [1.54, 1.807) is 11.0 Å². The number of nitrogens with zero attached hydrogens (tertiary/aromatic N) is 3. The lowest BCUT2D eigenvalue weighted by Gasteiger charge is -2.31. The van der Waals surface area contributed by atoms with Gasteiger partial charge in [0.1, 0.15) is 28.1 Å². The molecule has 1 N–H and O–H groups in total. The van der Waals surface area contributed by atoms with Gasteiger partial charge in [-0.15, -0.1) is 11.3 Å². The Labute approximate surface area is 165 Å². The number of rotatable bonds is 2. The van der Waals surface area contributed by atoms with E-state index < -0.39 is 17.5 Å². The predicted octanol–water partition coefficient (Wildman–Crippen LogP) is 2.37. The standard InChI is InChI=1S/C19H18F2N4O2S/c20-14-2-1-3-16(13(14)12-22)24-8-6-23-17(26)4-7-25(10-9-24)19(27)18-15(21)5-11-28-18/h1-3,5,11H,4,6-10H2,(H,23,26). The van der Waals surface area contributed by atoms with E-state index in [4.69, 9.17) is 0 Å². The molecule has 0 radical (unpaired) electrons. The monoisotopic (exact) mass is 404 g/mol. The zero-order valence-electron chi connectivity index (χ0n) is 15.0. The van der Waals surface area contributed by atoms with Crippen LogP contribution in [-0.4, -0.2) is 49.4 Å². The Kier molecular flexibility index (Phi) is 6.21. The highest BCUT2D eigenvalue weighted by molar-refractivity contribution is 7.12. The Morgan fingerprint density at radius 1 is 1.14 bits per heavy atom. The quantitative estimate of drug-likeness (QED) is 0.834. The Balaban J connectivity index is 1.86. The number of anilines is 1. The summed E-state index contributed by atoms with van der Waals surface area (Å²) in [6.45, 7) is 1.34. The molecule has 0 atom stereocenters. The van der Waals surface area contributed by atoms with Gasteiger partial charge in [-0.05, 0) is 23.6 Å². The van der Waals surface area contributed by atoms with Gasteiger partial charge in [0.25, 0.3) is 5.91 Å². The number of benzene rings is 1. The van der Waals surface area contributed by atoms with Gasteiger partial charge in [-0.2, -0.15) is 5.26 Å². The van der Waals surface area contributed by atoms with E-state index in [1.165, 1.54) is 28.5 Å². The normalized spacial score (nSPS) is 15.7. The van der Waals surface area contributed by atoms with Gasteiger partial charge in [-0.1, -0.05) is 6.07 Å². The molecule has 0 spiro atoms. The van der Waals surface area contributed by atoms with Crippen LogP contribution in [-0.2, 0) is 4.79 Å². The summed E-state index contributed by atoms with van der Waals surface area (Å²) in [5.41, 5.74) is 0.306. The maximum Gasteiger partial charge on any atom is 0.267 e. The van der Waals surface area contributed by atoms with Crippen LogP contribution in [0.3, 0.4) is 0 Å². The zero-order valence-corrected chi connectivity index (χ0v) is 15.8. The van der Waals surface area contributed by atoms with Crippen molar-refractivity contribution in [2.24, 2.45) is 0 Å². The van der Waals surface area contributed by atoms with Crippen molar-refractivity contribution in [2.75, 3.05) is 37.6 Å². The van der Waals surface area contributed by atoms with Gasteiger partial charge in [0.2, 0.25) is 5.91 Å². The highest BCUT2D eigenvalue weighted by atomic mass is 32.1. The van der Waals surface area contributed by atoms with Crippen molar-refractivity contribution >= 4 is 28.8 Å². The number of carbonyl (C=O) groups is 2. The molecule has 2 heterocycles. The first-order valence-corrected chi connectivity index (χ1v) is 9.61. The third kappa shape index (κ3) is 4.28. The van der Waals surface area contributed by atoms with Crippen molar-refractivity contribution in [3.8, 4) is 6.07 Å². The van der Waals surface area contributed by atoms with Gasteiger partial charge in [-0.25, -0.2) is 8.78 Å². The number of nitriles is 1. The molecule has 6 nitrogen and oxygen atoms in total. The molecule has 3 rings (SSSR count). The zero-order chi connectivity index (χ0) is 20.1. The summed E-state index contributed by atoms with van der Waals surface area (Å²) in [4.78, 5) is 27.9. The van der Waals surface area contributed by atoms with Crippen LogP contribution in [0.15, 0.2) is 29.6 Å². The van der Waals surface area contributed by atoms with Crippen LogP contribution in [0, 0.1) is 23.0 Å². The molecule has 9 heteroatoms. The first-order valence-electron chi connectivity index (χ1n) is 8.73. The molecule has 1 aliphatic heterocycles. The van der Waals surface area contributed by atoms with Crippen LogP contribution in [0.2, 0.25) is 0 Å². The molecule has 1 aromatic carbocycles. The van der Waals surface area contributed by atoms with Gasteiger partial charge in [0.05, 0.1) is 5.69 Å². The van der Waals surface area contributed by atoms with Crippen molar-refractivity contribution in [2.45, 2.75) is 6.42 Å². The Morgan fingerprint density at radius 3 is 2.68 bits per heavy atom. The fourth-order valence-corrected chi connectivity index (χ4v) is 3.78. The van der Waals surface area contributed by atoms with Crippen LogP contribution < -0.4 is 10.2 Å². The van der Waals surface area contributed by atoms with Gasteiger partial charge in [0.15, 0.2) is 0 Å². The van der Waals surface area contributed by atoms with Crippen LogP contribution in [0.5, 0.6) is 0 Å². The topological polar surface area (TPSA) is 76.4 Å². The van der Waals surface area contributed by atoms with Crippen molar-refractivity contribution in [3.63, 3.8) is 0 Å². The fraction of sp³-hybridized carbons (Fsp3) is 0.316. The average Bonchev–Trinajstić information content (AvgIpc) is 3.11. The highest BCUT2D eigenvalue weighted by Crippen LogP contribution is 2.23. The maximum atomic E-state index is 14.0. The van der Waals surface area contributed by atoms with Crippen LogP contribution >= 0.6 is 11.3 Å². The number of hydrogen-bond donors (Lipinski definition) is 1. The van der Waals surface area contributed by atoms with E-state index in [0.29, 0.717) is 25.3 Å². The summed E-state index contributed by atoms with van der Waals surface area (Å²) in [6.07, 6.45) is 0.113. The minimum atomic E-state index is -0.630. The van der Waals surface area contributed by atoms with Gasteiger partial charge >= 0.3 is 0 Å². The summed E-state index contributed by atoms with van der Waals surface area (Å²) in [5.74, 6) is -1.94. The summed E-state index contributed by atoms with van der Waals surface area (Å²) in [7, 11) is 0. The van der Waals surface area contributed by atoms with E-state index in [1.807, 2.05) is 6.07 Å². The van der Waals surface area contributed by atoms with Crippen LogP contribution in [0.25, 0.3) is 0 Å². The molecule has 1 aromatic heterocycles. The second-order valence-electron chi connectivity index (χ2n) is 6.22. The minimum absolute atomic E-state index is 0.00696. The lowest BCUT2D eigenvalue weighted by Crippen LogP contribution is -2.45. The van der Waals surface area contributed by atoms with E-state index >= 15 is 0 Å². The molecule has 0 bridgehead atoms. The molecule has 2 amide bonds. The molecule has 0 saturated carbocycles. The molecule has 1 aliphatic rings. The van der Waals surface area contributed by atoms with E-state index in [0.717, 1.165) is 11.3 Å². The van der Waals surface area contributed by atoms with Gasteiger partial charge in [-0.3, -0.25) is 9.59 Å². The average molecular weight is 404 g/mol. The van der Waals surface area contributed by atoms with E-state index in [2.05, 4.69) is 5.32 Å². The molecule has 1 fully saturated rings. The SMILES string of the molecule is N#Cc1c(F)cccc1N1CCNC(=O)CCN(C(=O)c2sccc2F)CC1. The van der Waals surface area contributed by atoms with Crippen LogP contribution in [0.4, 0.5) is 14.5 Å². The number of hydrogen-bond acceptors (Lipinski definition) is 5. The number of halogens is 2.